The standard InChI is InChI=1S/C20H32O/c1-13(2)15-8-9-19(4)10-11-20(5)16(18(15)19)7-6-14(3)12-17(20)21/h12-13,16-17,21H,6-11H2,1-5H3. The lowest BCUT2D eigenvalue weighted by molar-refractivity contribution is -0.00647. The fraction of sp³-hybridized carbons (Fsp3) is 0.800. The van der Waals surface area contributed by atoms with E-state index in [1.54, 1.807) is 11.1 Å². The van der Waals surface area contributed by atoms with Crippen LogP contribution in [0.15, 0.2) is 22.8 Å². The third-order valence-electron chi connectivity index (χ3n) is 6.94. The topological polar surface area (TPSA) is 20.2 Å². The molecule has 0 heterocycles. The molecule has 21 heavy (non-hydrogen) atoms. The summed E-state index contributed by atoms with van der Waals surface area (Å²) < 4.78 is 0. The van der Waals surface area contributed by atoms with Crippen LogP contribution in [0, 0.1) is 22.7 Å². The number of aliphatic hydroxyl groups is 1. The normalized spacial score (nSPS) is 43.5. The Hall–Kier alpha value is -0.560. The Labute approximate surface area is 130 Å². The quantitative estimate of drug-likeness (QED) is 0.653. The molecule has 1 saturated carbocycles. The third kappa shape index (κ3) is 2.23. The Morgan fingerprint density at radius 1 is 1.14 bits per heavy atom. The van der Waals surface area contributed by atoms with Crippen LogP contribution in [0.25, 0.3) is 0 Å². The number of allylic oxidation sites excluding steroid dienone is 3. The second-order valence-electron chi connectivity index (χ2n) is 8.71. The molecule has 0 aliphatic heterocycles. The summed E-state index contributed by atoms with van der Waals surface area (Å²) in [5.74, 6) is 1.25. The molecule has 0 saturated heterocycles. The van der Waals surface area contributed by atoms with Crippen LogP contribution in [0.3, 0.4) is 0 Å². The van der Waals surface area contributed by atoms with Gasteiger partial charge in [-0.3, -0.25) is 0 Å². The Bertz CT molecular complexity index is 498. The van der Waals surface area contributed by atoms with E-state index >= 15 is 0 Å². The fourth-order valence-corrected chi connectivity index (χ4v) is 5.36. The van der Waals surface area contributed by atoms with Gasteiger partial charge in [0.05, 0.1) is 6.10 Å². The summed E-state index contributed by atoms with van der Waals surface area (Å²) in [6.07, 6.45) is 9.33. The highest BCUT2D eigenvalue weighted by molar-refractivity contribution is 5.36. The van der Waals surface area contributed by atoms with Gasteiger partial charge in [0.2, 0.25) is 0 Å². The second-order valence-corrected chi connectivity index (χ2v) is 8.71. The van der Waals surface area contributed by atoms with Crippen LogP contribution in [-0.2, 0) is 0 Å². The molecule has 0 bridgehead atoms. The largest absolute Gasteiger partial charge is 0.388 e. The summed E-state index contributed by atoms with van der Waals surface area (Å²) in [7, 11) is 0. The third-order valence-corrected chi connectivity index (χ3v) is 6.94. The lowest BCUT2D eigenvalue weighted by Gasteiger charge is -2.51. The van der Waals surface area contributed by atoms with Crippen molar-refractivity contribution in [3.8, 4) is 0 Å². The van der Waals surface area contributed by atoms with Gasteiger partial charge in [0, 0.05) is 5.41 Å². The van der Waals surface area contributed by atoms with Crippen molar-refractivity contribution in [2.75, 3.05) is 0 Å². The van der Waals surface area contributed by atoms with Crippen LogP contribution >= 0.6 is 0 Å². The maximum absolute atomic E-state index is 10.8. The highest BCUT2D eigenvalue weighted by Gasteiger charge is 2.53. The Morgan fingerprint density at radius 3 is 2.52 bits per heavy atom. The number of rotatable bonds is 1. The van der Waals surface area contributed by atoms with E-state index in [0.717, 1.165) is 6.42 Å². The van der Waals surface area contributed by atoms with Gasteiger partial charge < -0.3 is 5.11 Å². The second kappa shape index (κ2) is 4.98. The molecule has 1 nitrogen and oxygen atoms in total. The summed E-state index contributed by atoms with van der Waals surface area (Å²) in [6.45, 7) is 11.7. The minimum Gasteiger partial charge on any atom is -0.388 e. The Kier molecular flexibility index (Phi) is 3.64. The molecule has 1 heteroatoms. The van der Waals surface area contributed by atoms with E-state index in [2.05, 4.69) is 40.7 Å². The molecular weight excluding hydrogens is 256 g/mol. The molecule has 4 atom stereocenters. The van der Waals surface area contributed by atoms with Crippen molar-refractivity contribution >= 4 is 0 Å². The van der Waals surface area contributed by atoms with E-state index < -0.39 is 0 Å². The van der Waals surface area contributed by atoms with Crippen LogP contribution in [0.1, 0.15) is 73.1 Å². The highest BCUT2D eigenvalue weighted by atomic mass is 16.3. The number of hydrogen-bond donors (Lipinski definition) is 1. The highest BCUT2D eigenvalue weighted by Crippen LogP contribution is 2.62. The SMILES string of the molecule is CC1=CC(O)C2(C)CCC3(C)CCC(C(C)C)=C3C2CC1. The van der Waals surface area contributed by atoms with Crippen LogP contribution in [-0.4, -0.2) is 11.2 Å². The van der Waals surface area contributed by atoms with Gasteiger partial charge in [-0.1, -0.05) is 50.5 Å². The van der Waals surface area contributed by atoms with E-state index in [-0.39, 0.29) is 11.5 Å². The molecule has 3 aliphatic rings. The Balaban J connectivity index is 2.09. The average Bonchev–Trinajstić information content (AvgIpc) is 2.70. The summed E-state index contributed by atoms with van der Waals surface area (Å²) >= 11 is 0. The van der Waals surface area contributed by atoms with Gasteiger partial charge in [-0.25, -0.2) is 0 Å². The summed E-state index contributed by atoms with van der Waals surface area (Å²) in [5, 5.41) is 10.8. The molecule has 3 rings (SSSR count). The first-order valence-electron chi connectivity index (χ1n) is 8.87. The fourth-order valence-electron chi connectivity index (χ4n) is 5.36. The molecule has 0 amide bonds. The van der Waals surface area contributed by atoms with Gasteiger partial charge in [0.1, 0.15) is 0 Å². The van der Waals surface area contributed by atoms with Gasteiger partial charge >= 0.3 is 0 Å². The van der Waals surface area contributed by atoms with Crippen LogP contribution in [0.5, 0.6) is 0 Å². The van der Waals surface area contributed by atoms with E-state index in [9.17, 15) is 5.11 Å². The van der Waals surface area contributed by atoms with Gasteiger partial charge in [-0.15, -0.1) is 0 Å². The molecule has 4 unspecified atom stereocenters. The minimum atomic E-state index is -0.268. The zero-order valence-electron chi connectivity index (χ0n) is 14.5. The van der Waals surface area contributed by atoms with E-state index in [0.29, 0.717) is 17.3 Å². The zero-order chi connectivity index (χ0) is 15.4. The van der Waals surface area contributed by atoms with Gasteiger partial charge in [0.15, 0.2) is 0 Å². The Morgan fingerprint density at radius 2 is 1.86 bits per heavy atom. The average molecular weight is 288 g/mol. The van der Waals surface area contributed by atoms with Crippen molar-refractivity contribution in [2.24, 2.45) is 22.7 Å². The van der Waals surface area contributed by atoms with Crippen molar-refractivity contribution in [1.82, 2.24) is 0 Å². The molecule has 0 aromatic rings. The summed E-state index contributed by atoms with van der Waals surface area (Å²) in [6, 6.07) is 0. The molecule has 1 N–H and O–H groups in total. The molecular formula is C20H32O. The lowest BCUT2D eigenvalue weighted by atomic mass is 9.54. The predicted molar refractivity (Wildman–Crippen MR) is 89.0 cm³/mol. The van der Waals surface area contributed by atoms with Crippen molar-refractivity contribution in [1.29, 1.82) is 0 Å². The minimum absolute atomic E-state index is 0.0527. The zero-order valence-corrected chi connectivity index (χ0v) is 14.5. The number of aliphatic hydroxyl groups excluding tert-OH is 1. The van der Waals surface area contributed by atoms with Crippen LogP contribution in [0.4, 0.5) is 0 Å². The molecule has 1 fully saturated rings. The maximum Gasteiger partial charge on any atom is 0.0782 e. The van der Waals surface area contributed by atoms with Crippen molar-refractivity contribution in [3.63, 3.8) is 0 Å². The van der Waals surface area contributed by atoms with E-state index in [4.69, 9.17) is 0 Å². The molecule has 118 valence electrons. The molecule has 0 aromatic carbocycles. The first-order valence-corrected chi connectivity index (χ1v) is 8.87. The van der Waals surface area contributed by atoms with Crippen molar-refractivity contribution in [3.05, 3.63) is 22.8 Å². The molecule has 0 radical (unpaired) electrons. The summed E-state index contributed by atoms with van der Waals surface area (Å²) in [4.78, 5) is 0. The van der Waals surface area contributed by atoms with Crippen molar-refractivity contribution < 1.29 is 5.11 Å². The van der Waals surface area contributed by atoms with Gasteiger partial charge in [-0.2, -0.15) is 0 Å². The van der Waals surface area contributed by atoms with Gasteiger partial charge in [-0.05, 0) is 62.7 Å². The van der Waals surface area contributed by atoms with E-state index in [1.807, 2.05) is 0 Å². The number of fused-ring (bicyclic) bond motifs is 3. The van der Waals surface area contributed by atoms with Crippen LogP contribution < -0.4 is 0 Å². The van der Waals surface area contributed by atoms with E-state index in [1.165, 1.54) is 37.7 Å². The van der Waals surface area contributed by atoms with Gasteiger partial charge in [0.25, 0.3) is 0 Å². The predicted octanol–water partition coefficient (Wildman–Crippen LogP) is 5.26. The first-order chi connectivity index (χ1) is 9.78. The maximum atomic E-state index is 10.8. The monoisotopic (exact) mass is 288 g/mol. The molecule has 0 aromatic heterocycles. The number of hydrogen-bond acceptors (Lipinski definition) is 1. The summed E-state index contributed by atoms with van der Waals surface area (Å²) in [5.41, 5.74) is 5.33. The first kappa shape index (κ1) is 15.3. The lowest BCUT2D eigenvalue weighted by Crippen LogP contribution is -2.46. The smallest absolute Gasteiger partial charge is 0.0782 e. The van der Waals surface area contributed by atoms with Crippen molar-refractivity contribution in [2.45, 2.75) is 79.2 Å². The molecule has 3 aliphatic carbocycles. The van der Waals surface area contributed by atoms with Crippen LogP contribution in [0.2, 0.25) is 0 Å². The molecule has 0 spiro atoms.